The predicted molar refractivity (Wildman–Crippen MR) is 75.5 cm³/mol. The number of hydrogen-bond acceptors (Lipinski definition) is 3. The van der Waals surface area contributed by atoms with E-state index in [0.29, 0.717) is 0 Å². The van der Waals surface area contributed by atoms with Crippen molar-refractivity contribution in [2.45, 2.75) is 64.5 Å². The van der Waals surface area contributed by atoms with Crippen LogP contribution in [0.25, 0.3) is 0 Å². The zero-order valence-corrected chi connectivity index (χ0v) is 11.7. The van der Waals surface area contributed by atoms with Crippen LogP contribution >= 0.6 is 0 Å². The van der Waals surface area contributed by atoms with Crippen LogP contribution in [-0.4, -0.2) is 38.3 Å². The van der Waals surface area contributed by atoms with E-state index in [1.165, 1.54) is 45.1 Å². The number of hydrogen-bond donors (Lipinski definition) is 3. The van der Waals surface area contributed by atoms with Crippen molar-refractivity contribution in [2.75, 3.05) is 26.2 Å². The van der Waals surface area contributed by atoms with Gasteiger partial charge in [0.15, 0.2) is 0 Å². The molecule has 1 aliphatic rings. The van der Waals surface area contributed by atoms with Crippen LogP contribution in [0.15, 0.2) is 0 Å². The molecule has 0 spiro atoms. The Bertz CT molecular complexity index is 173. The van der Waals surface area contributed by atoms with Crippen molar-refractivity contribution in [1.29, 1.82) is 0 Å². The Balaban J connectivity index is 2.03. The molecule has 2 atom stereocenters. The molecule has 0 aromatic heterocycles. The van der Waals surface area contributed by atoms with Crippen LogP contribution in [0.4, 0.5) is 0 Å². The minimum Gasteiger partial charge on any atom is -0.317 e. The lowest BCUT2D eigenvalue weighted by Crippen LogP contribution is -2.42. The van der Waals surface area contributed by atoms with Gasteiger partial charge < -0.3 is 16.0 Å². The molecule has 0 aromatic rings. The SMILES string of the molecule is CCCNC1CCCC(NCCCNCC)C1. The lowest BCUT2D eigenvalue weighted by atomic mass is 9.91. The van der Waals surface area contributed by atoms with Crippen molar-refractivity contribution in [3.8, 4) is 0 Å². The molecule has 1 rings (SSSR count). The first-order chi connectivity index (χ1) is 8.36. The summed E-state index contributed by atoms with van der Waals surface area (Å²) in [5, 5.41) is 10.7. The van der Waals surface area contributed by atoms with Crippen molar-refractivity contribution in [3.05, 3.63) is 0 Å². The quantitative estimate of drug-likeness (QED) is 0.540. The lowest BCUT2D eigenvalue weighted by Gasteiger charge is -2.30. The van der Waals surface area contributed by atoms with Crippen LogP contribution in [0.3, 0.4) is 0 Å². The van der Waals surface area contributed by atoms with Gasteiger partial charge in [0, 0.05) is 12.1 Å². The van der Waals surface area contributed by atoms with Crippen molar-refractivity contribution in [1.82, 2.24) is 16.0 Å². The fourth-order valence-electron chi connectivity index (χ4n) is 2.61. The molecule has 1 saturated carbocycles. The van der Waals surface area contributed by atoms with E-state index >= 15 is 0 Å². The Hall–Kier alpha value is -0.120. The molecule has 0 heterocycles. The molecule has 0 aliphatic heterocycles. The summed E-state index contributed by atoms with van der Waals surface area (Å²) in [6.45, 7) is 8.99. The molecular weight excluding hydrogens is 210 g/mol. The maximum absolute atomic E-state index is 3.71. The van der Waals surface area contributed by atoms with Crippen molar-refractivity contribution in [2.24, 2.45) is 0 Å². The predicted octanol–water partition coefficient (Wildman–Crippen LogP) is 1.89. The highest BCUT2D eigenvalue weighted by Crippen LogP contribution is 2.18. The smallest absolute Gasteiger partial charge is 0.00818 e. The van der Waals surface area contributed by atoms with Crippen LogP contribution in [-0.2, 0) is 0 Å². The van der Waals surface area contributed by atoms with Gasteiger partial charge in [-0.1, -0.05) is 20.3 Å². The maximum atomic E-state index is 3.71. The van der Waals surface area contributed by atoms with Gasteiger partial charge in [0.05, 0.1) is 0 Å². The van der Waals surface area contributed by atoms with E-state index in [-0.39, 0.29) is 0 Å². The van der Waals surface area contributed by atoms with Gasteiger partial charge in [0.1, 0.15) is 0 Å². The van der Waals surface area contributed by atoms with Gasteiger partial charge in [-0.25, -0.2) is 0 Å². The summed E-state index contributed by atoms with van der Waals surface area (Å²) in [5.74, 6) is 0. The highest BCUT2D eigenvalue weighted by molar-refractivity contribution is 4.81. The van der Waals surface area contributed by atoms with E-state index in [1.807, 2.05) is 0 Å². The largest absolute Gasteiger partial charge is 0.317 e. The molecule has 0 radical (unpaired) electrons. The van der Waals surface area contributed by atoms with E-state index in [0.717, 1.165) is 31.7 Å². The summed E-state index contributed by atoms with van der Waals surface area (Å²) in [6.07, 6.45) is 7.93. The zero-order valence-electron chi connectivity index (χ0n) is 11.7. The minimum absolute atomic E-state index is 0.750. The average Bonchev–Trinajstić information content (AvgIpc) is 2.37. The Morgan fingerprint density at radius 1 is 0.941 bits per heavy atom. The van der Waals surface area contributed by atoms with Crippen LogP contribution in [0.5, 0.6) is 0 Å². The lowest BCUT2D eigenvalue weighted by molar-refractivity contribution is 0.302. The van der Waals surface area contributed by atoms with Gasteiger partial charge >= 0.3 is 0 Å². The Labute approximate surface area is 107 Å². The Morgan fingerprint density at radius 3 is 2.29 bits per heavy atom. The topological polar surface area (TPSA) is 36.1 Å². The van der Waals surface area contributed by atoms with Crippen molar-refractivity contribution < 1.29 is 0 Å². The summed E-state index contributed by atoms with van der Waals surface area (Å²) in [6, 6.07) is 1.51. The number of nitrogens with one attached hydrogen (secondary N) is 3. The molecular formula is C14H31N3. The van der Waals surface area contributed by atoms with Crippen LogP contribution in [0.1, 0.15) is 52.4 Å². The molecule has 1 fully saturated rings. The molecule has 102 valence electrons. The average molecular weight is 241 g/mol. The van der Waals surface area contributed by atoms with Gasteiger partial charge in [0.25, 0.3) is 0 Å². The molecule has 2 unspecified atom stereocenters. The summed E-state index contributed by atoms with van der Waals surface area (Å²) >= 11 is 0. The Morgan fingerprint density at radius 2 is 1.65 bits per heavy atom. The van der Waals surface area contributed by atoms with E-state index in [4.69, 9.17) is 0 Å². The van der Waals surface area contributed by atoms with Gasteiger partial charge in [-0.2, -0.15) is 0 Å². The first-order valence-electron chi connectivity index (χ1n) is 7.54. The first kappa shape index (κ1) is 14.9. The molecule has 0 bridgehead atoms. The molecule has 1 aliphatic carbocycles. The second-order valence-electron chi connectivity index (χ2n) is 5.18. The van der Waals surface area contributed by atoms with Crippen LogP contribution in [0.2, 0.25) is 0 Å². The highest BCUT2D eigenvalue weighted by atomic mass is 15.0. The van der Waals surface area contributed by atoms with E-state index < -0.39 is 0 Å². The number of rotatable bonds is 9. The van der Waals surface area contributed by atoms with Crippen molar-refractivity contribution in [3.63, 3.8) is 0 Å². The summed E-state index contributed by atoms with van der Waals surface area (Å²) in [4.78, 5) is 0. The molecule has 3 nitrogen and oxygen atoms in total. The van der Waals surface area contributed by atoms with Crippen molar-refractivity contribution >= 4 is 0 Å². The fourth-order valence-corrected chi connectivity index (χ4v) is 2.61. The van der Waals surface area contributed by atoms with Gasteiger partial charge in [-0.05, 0) is 58.3 Å². The first-order valence-corrected chi connectivity index (χ1v) is 7.54. The minimum atomic E-state index is 0.750. The third-order valence-corrected chi connectivity index (χ3v) is 3.57. The molecule has 3 heteroatoms. The van der Waals surface area contributed by atoms with E-state index in [1.54, 1.807) is 0 Å². The van der Waals surface area contributed by atoms with Gasteiger partial charge in [0.2, 0.25) is 0 Å². The van der Waals surface area contributed by atoms with Crippen LogP contribution < -0.4 is 16.0 Å². The Kier molecular flexibility index (Phi) is 8.67. The highest BCUT2D eigenvalue weighted by Gasteiger charge is 2.20. The molecule has 0 aromatic carbocycles. The monoisotopic (exact) mass is 241 g/mol. The molecule has 3 N–H and O–H groups in total. The molecule has 0 saturated heterocycles. The van der Waals surface area contributed by atoms with Gasteiger partial charge in [-0.15, -0.1) is 0 Å². The third kappa shape index (κ3) is 7.02. The maximum Gasteiger partial charge on any atom is 0.00818 e. The zero-order chi connectivity index (χ0) is 12.3. The standard InChI is InChI=1S/C14H31N3/c1-3-9-16-13-7-5-8-14(12-13)17-11-6-10-15-4-2/h13-17H,3-12H2,1-2H3. The second kappa shape index (κ2) is 9.86. The van der Waals surface area contributed by atoms with E-state index in [2.05, 4.69) is 29.8 Å². The molecule has 17 heavy (non-hydrogen) atoms. The van der Waals surface area contributed by atoms with Gasteiger partial charge in [-0.3, -0.25) is 0 Å². The van der Waals surface area contributed by atoms with Crippen LogP contribution in [0, 0.1) is 0 Å². The fraction of sp³-hybridized carbons (Fsp3) is 1.00. The summed E-state index contributed by atoms with van der Waals surface area (Å²) < 4.78 is 0. The molecule has 0 amide bonds. The van der Waals surface area contributed by atoms with E-state index in [9.17, 15) is 0 Å². The second-order valence-corrected chi connectivity index (χ2v) is 5.18. The normalized spacial score (nSPS) is 25.1. The third-order valence-electron chi connectivity index (χ3n) is 3.57. The summed E-state index contributed by atoms with van der Waals surface area (Å²) in [5.41, 5.74) is 0. The summed E-state index contributed by atoms with van der Waals surface area (Å²) in [7, 11) is 0.